The molecule has 1 fully saturated rings. The summed E-state index contributed by atoms with van der Waals surface area (Å²) in [5.41, 5.74) is 2.06. The van der Waals surface area contributed by atoms with E-state index in [9.17, 15) is 0 Å². The SMILES string of the molecule is CCN1CCCC(Nc2nc(C)cc(C)n2)C1. The van der Waals surface area contributed by atoms with Crippen molar-refractivity contribution in [3.05, 3.63) is 17.5 Å². The number of likely N-dealkylation sites (tertiary alicyclic amines) is 1. The number of hydrogen-bond acceptors (Lipinski definition) is 4. The molecule has 1 aliphatic rings. The normalized spacial score (nSPS) is 21.5. The van der Waals surface area contributed by atoms with Crippen LogP contribution in [0.15, 0.2) is 6.07 Å². The predicted octanol–water partition coefficient (Wildman–Crippen LogP) is 1.99. The van der Waals surface area contributed by atoms with Gasteiger partial charge in [0.2, 0.25) is 5.95 Å². The van der Waals surface area contributed by atoms with E-state index < -0.39 is 0 Å². The molecule has 1 aromatic heterocycles. The smallest absolute Gasteiger partial charge is 0.223 e. The first-order valence-electron chi connectivity index (χ1n) is 6.48. The average molecular weight is 234 g/mol. The first-order chi connectivity index (χ1) is 8.17. The van der Waals surface area contributed by atoms with Crippen LogP contribution in [0, 0.1) is 13.8 Å². The summed E-state index contributed by atoms with van der Waals surface area (Å²) in [6.07, 6.45) is 2.48. The number of aromatic nitrogens is 2. The van der Waals surface area contributed by atoms with Gasteiger partial charge < -0.3 is 10.2 Å². The number of aryl methyl sites for hydroxylation is 2. The molecular weight excluding hydrogens is 212 g/mol. The minimum absolute atomic E-state index is 0.491. The van der Waals surface area contributed by atoms with E-state index in [0.29, 0.717) is 6.04 Å². The number of likely N-dealkylation sites (N-methyl/N-ethyl adjacent to an activating group) is 1. The molecule has 0 radical (unpaired) electrons. The van der Waals surface area contributed by atoms with Crippen LogP contribution in [-0.4, -0.2) is 40.5 Å². The van der Waals surface area contributed by atoms with Crippen LogP contribution in [0.2, 0.25) is 0 Å². The molecule has 1 atom stereocenters. The molecule has 0 aliphatic carbocycles. The van der Waals surface area contributed by atoms with Crippen molar-refractivity contribution in [1.82, 2.24) is 14.9 Å². The van der Waals surface area contributed by atoms with Crippen molar-refractivity contribution in [2.75, 3.05) is 25.0 Å². The molecule has 94 valence electrons. The Morgan fingerprint density at radius 3 is 2.71 bits per heavy atom. The van der Waals surface area contributed by atoms with Crippen LogP contribution >= 0.6 is 0 Å². The number of rotatable bonds is 3. The minimum Gasteiger partial charge on any atom is -0.350 e. The van der Waals surface area contributed by atoms with Crippen molar-refractivity contribution in [2.24, 2.45) is 0 Å². The molecule has 2 heterocycles. The maximum absolute atomic E-state index is 4.44. The summed E-state index contributed by atoms with van der Waals surface area (Å²) >= 11 is 0. The molecule has 0 aromatic carbocycles. The van der Waals surface area contributed by atoms with Gasteiger partial charge in [-0.05, 0) is 45.8 Å². The summed E-state index contributed by atoms with van der Waals surface area (Å²) in [6.45, 7) is 9.70. The van der Waals surface area contributed by atoms with Gasteiger partial charge in [-0.2, -0.15) is 0 Å². The maximum Gasteiger partial charge on any atom is 0.223 e. The molecule has 1 unspecified atom stereocenters. The highest BCUT2D eigenvalue weighted by atomic mass is 15.2. The highest BCUT2D eigenvalue weighted by Gasteiger charge is 2.19. The zero-order chi connectivity index (χ0) is 12.3. The highest BCUT2D eigenvalue weighted by molar-refractivity contribution is 5.29. The van der Waals surface area contributed by atoms with Gasteiger partial charge in [-0.25, -0.2) is 9.97 Å². The van der Waals surface area contributed by atoms with Crippen molar-refractivity contribution in [3.8, 4) is 0 Å². The van der Waals surface area contributed by atoms with E-state index in [-0.39, 0.29) is 0 Å². The second-order valence-corrected chi connectivity index (χ2v) is 4.85. The summed E-state index contributed by atoms with van der Waals surface area (Å²) in [6, 6.07) is 2.50. The van der Waals surface area contributed by atoms with E-state index in [0.717, 1.165) is 30.4 Å². The molecule has 1 aromatic rings. The third-order valence-corrected chi connectivity index (χ3v) is 3.27. The van der Waals surface area contributed by atoms with Gasteiger partial charge in [0, 0.05) is 24.0 Å². The zero-order valence-electron chi connectivity index (χ0n) is 11.0. The summed E-state index contributed by atoms with van der Waals surface area (Å²) in [5, 5.41) is 3.46. The van der Waals surface area contributed by atoms with Gasteiger partial charge in [0.05, 0.1) is 0 Å². The fourth-order valence-electron chi connectivity index (χ4n) is 2.43. The van der Waals surface area contributed by atoms with E-state index >= 15 is 0 Å². The Morgan fingerprint density at radius 1 is 1.35 bits per heavy atom. The van der Waals surface area contributed by atoms with Crippen LogP contribution in [0.4, 0.5) is 5.95 Å². The molecule has 0 bridgehead atoms. The third kappa shape index (κ3) is 3.40. The van der Waals surface area contributed by atoms with Crippen LogP contribution in [0.5, 0.6) is 0 Å². The summed E-state index contributed by atoms with van der Waals surface area (Å²) in [5.74, 6) is 0.783. The quantitative estimate of drug-likeness (QED) is 0.868. The largest absolute Gasteiger partial charge is 0.350 e. The lowest BCUT2D eigenvalue weighted by molar-refractivity contribution is 0.226. The lowest BCUT2D eigenvalue weighted by atomic mass is 10.1. The van der Waals surface area contributed by atoms with Gasteiger partial charge in [0.1, 0.15) is 0 Å². The Bertz CT molecular complexity index is 357. The molecule has 0 saturated carbocycles. The second kappa shape index (κ2) is 5.45. The number of piperidine rings is 1. The fraction of sp³-hybridized carbons (Fsp3) is 0.692. The fourth-order valence-corrected chi connectivity index (χ4v) is 2.43. The van der Waals surface area contributed by atoms with Crippen molar-refractivity contribution in [3.63, 3.8) is 0 Å². The maximum atomic E-state index is 4.44. The molecule has 4 nitrogen and oxygen atoms in total. The first kappa shape index (κ1) is 12.3. The molecule has 0 spiro atoms. The minimum atomic E-state index is 0.491. The lowest BCUT2D eigenvalue weighted by Gasteiger charge is -2.32. The number of anilines is 1. The first-order valence-corrected chi connectivity index (χ1v) is 6.48. The van der Waals surface area contributed by atoms with Crippen molar-refractivity contribution in [1.29, 1.82) is 0 Å². The van der Waals surface area contributed by atoms with E-state index in [1.807, 2.05) is 19.9 Å². The Kier molecular flexibility index (Phi) is 3.94. The summed E-state index contributed by atoms with van der Waals surface area (Å²) in [7, 11) is 0. The number of nitrogens with zero attached hydrogens (tertiary/aromatic N) is 3. The Hall–Kier alpha value is -1.16. The van der Waals surface area contributed by atoms with Gasteiger partial charge in [0.25, 0.3) is 0 Å². The lowest BCUT2D eigenvalue weighted by Crippen LogP contribution is -2.42. The van der Waals surface area contributed by atoms with E-state index in [2.05, 4.69) is 27.1 Å². The van der Waals surface area contributed by atoms with Gasteiger partial charge in [-0.15, -0.1) is 0 Å². The summed E-state index contributed by atoms with van der Waals surface area (Å²) in [4.78, 5) is 11.4. The molecular formula is C13H22N4. The van der Waals surface area contributed by atoms with Crippen molar-refractivity contribution >= 4 is 5.95 Å². The molecule has 1 aliphatic heterocycles. The zero-order valence-corrected chi connectivity index (χ0v) is 11.0. The van der Waals surface area contributed by atoms with E-state index in [1.165, 1.54) is 19.4 Å². The topological polar surface area (TPSA) is 41.0 Å². The van der Waals surface area contributed by atoms with Gasteiger partial charge in [0.15, 0.2) is 0 Å². The second-order valence-electron chi connectivity index (χ2n) is 4.85. The molecule has 4 heteroatoms. The van der Waals surface area contributed by atoms with E-state index in [4.69, 9.17) is 0 Å². The highest BCUT2D eigenvalue weighted by Crippen LogP contribution is 2.14. The van der Waals surface area contributed by atoms with Gasteiger partial charge in [-0.1, -0.05) is 6.92 Å². The van der Waals surface area contributed by atoms with Gasteiger partial charge >= 0.3 is 0 Å². The Labute approximate surface area is 103 Å². The van der Waals surface area contributed by atoms with Gasteiger partial charge in [-0.3, -0.25) is 0 Å². The standard InChI is InChI=1S/C13H22N4/c1-4-17-7-5-6-12(9-17)16-13-14-10(2)8-11(3)15-13/h8,12H,4-7,9H2,1-3H3,(H,14,15,16). The Balaban J connectivity index is 2.00. The predicted molar refractivity (Wildman–Crippen MR) is 70.3 cm³/mol. The molecule has 0 amide bonds. The number of nitrogens with one attached hydrogen (secondary N) is 1. The third-order valence-electron chi connectivity index (χ3n) is 3.27. The van der Waals surface area contributed by atoms with E-state index in [1.54, 1.807) is 0 Å². The van der Waals surface area contributed by atoms with Crippen LogP contribution in [0.25, 0.3) is 0 Å². The van der Waals surface area contributed by atoms with Crippen LogP contribution in [0.1, 0.15) is 31.2 Å². The number of hydrogen-bond donors (Lipinski definition) is 1. The molecule has 1 saturated heterocycles. The average Bonchev–Trinajstić information content (AvgIpc) is 2.28. The Morgan fingerprint density at radius 2 is 2.06 bits per heavy atom. The van der Waals surface area contributed by atoms with Crippen molar-refractivity contribution in [2.45, 2.75) is 39.7 Å². The van der Waals surface area contributed by atoms with Crippen LogP contribution in [-0.2, 0) is 0 Å². The monoisotopic (exact) mass is 234 g/mol. The summed E-state index contributed by atoms with van der Waals surface area (Å²) < 4.78 is 0. The van der Waals surface area contributed by atoms with Crippen LogP contribution in [0.3, 0.4) is 0 Å². The molecule has 1 N–H and O–H groups in total. The molecule has 2 rings (SSSR count). The molecule has 17 heavy (non-hydrogen) atoms. The van der Waals surface area contributed by atoms with Crippen molar-refractivity contribution < 1.29 is 0 Å². The van der Waals surface area contributed by atoms with Crippen LogP contribution < -0.4 is 5.32 Å².